The van der Waals surface area contributed by atoms with Gasteiger partial charge in [-0.25, -0.2) is 0 Å². The number of allylic oxidation sites excluding steroid dienone is 4. The van der Waals surface area contributed by atoms with Crippen LogP contribution in [0.3, 0.4) is 0 Å². The van der Waals surface area contributed by atoms with Crippen molar-refractivity contribution in [3.63, 3.8) is 0 Å². The monoisotopic (exact) mass is 300 g/mol. The van der Waals surface area contributed by atoms with Gasteiger partial charge in [0.2, 0.25) is 0 Å². The smallest absolute Gasteiger partial charge is 0.156 e. The highest BCUT2D eigenvalue weighted by atomic mass is 16.3. The van der Waals surface area contributed by atoms with Crippen molar-refractivity contribution in [2.24, 2.45) is 28.6 Å². The molecule has 0 aromatic carbocycles. The molecule has 4 rings (SSSR count). The van der Waals surface area contributed by atoms with Crippen molar-refractivity contribution in [2.75, 3.05) is 0 Å². The highest BCUT2D eigenvalue weighted by Gasteiger charge is 2.61. The van der Waals surface area contributed by atoms with Gasteiger partial charge in [0.25, 0.3) is 0 Å². The molecule has 2 fully saturated rings. The van der Waals surface area contributed by atoms with Crippen molar-refractivity contribution in [1.29, 1.82) is 0 Å². The molecule has 0 heterocycles. The molecule has 2 saturated carbocycles. The summed E-state index contributed by atoms with van der Waals surface area (Å²) in [5, 5.41) is 10.9. The van der Waals surface area contributed by atoms with Crippen LogP contribution in [0.15, 0.2) is 23.8 Å². The van der Waals surface area contributed by atoms with E-state index in [1.54, 1.807) is 6.08 Å². The standard InChI is InChI=1S/C19H24O3/c1-18-8-7-12(20)9-11(18)3-4-13-14-5-6-16(22)19(14,2)10-15(21)17(13)18/h3-4,9,13-15,17,21H,5-8,10H2,1-2H3/t13-,14-,15?,17-,18-,19-/m0/s1. The number of aliphatic hydroxyl groups is 1. The summed E-state index contributed by atoms with van der Waals surface area (Å²) in [7, 11) is 0. The number of hydrogen-bond acceptors (Lipinski definition) is 3. The highest BCUT2D eigenvalue weighted by molar-refractivity contribution is 5.92. The third kappa shape index (κ3) is 1.66. The van der Waals surface area contributed by atoms with Gasteiger partial charge in [0.1, 0.15) is 5.78 Å². The van der Waals surface area contributed by atoms with Crippen LogP contribution in [0.2, 0.25) is 0 Å². The SMILES string of the molecule is C[C@]12CCC(=O)C=C1C=C[C@@H]1[C@H]2C(O)C[C@]2(C)C(=O)CC[C@@H]12. The molecular formula is C19H24O3. The minimum Gasteiger partial charge on any atom is -0.393 e. The van der Waals surface area contributed by atoms with Crippen molar-refractivity contribution >= 4 is 11.6 Å². The van der Waals surface area contributed by atoms with E-state index in [-0.39, 0.29) is 28.4 Å². The summed E-state index contributed by atoms with van der Waals surface area (Å²) in [6.45, 7) is 4.26. The molecule has 118 valence electrons. The molecule has 1 N–H and O–H groups in total. The van der Waals surface area contributed by atoms with E-state index in [1.165, 1.54) is 0 Å². The van der Waals surface area contributed by atoms with Gasteiger partial charge in [0, 0.05) is 24.2 Å². The first-order valence-electron chi connectivity index (χ1n) is 8.51. The van der Waals surface area contributed by atoms with Crippen LogP contribution in [-0.4, -0.2) is 22.8 Å². The van der Waals surface area contributed by atoms with Gasteiger partial charge in [0.05, 0.1) is 6.10 Å². The second-order valence-corrected chi connectivity index (χ2v) is 8.20. The van der Waals surface area contributed by atoms with Crippen LogP contribution in [0.5, 0.6) is 0 Å². The first-order valence-corrected chi connectivity index (χ1v) is 8.51. The molecule has 0 spiro atoms. The van der Waals surface area contributed by atoms with Gasteiger partial charge in [-0.2, -0.15) is 0 Å². The van der Waals surface area contributed by atoms with Crippen LogP contribution >= 0.6 is 0 Å². The zero-order valence-corrected chi connectivity index (χ0v) is 13.3. The van der Waals surface area contributed by atoms with Gasteiger partial charge in [-0.1, -0.05) is 26.0 Å². The number of fused-ring (bicyclic) bond motifs is 5. The maximum absolute atomic E-state index is 12.4. The van der Waals surface area contributed by atoms with E-state index >= 15 is 0 Å². The third-order valence-electron chi connectivity index (χ3n) is 7.17. The number of carbonyl (C=O) groups excluding carboxylic acids is 2. The van der Waals surface area contributed by atoms with E-state index in [0.29, 0.717) is 31.0 Å². The zero-order chi connectivity index (χ0) is 15.7. The van der Waals surface area contributed by atoms with Gasteiger partial charge in [0.15, 0.2) is 5.78 Å². The van der Waals surface area contributed by atoms with Crippen LogP contribution in [0, 0.1) is 28.6 Å². The van der Waals surface area contributed by atoms with Crippen molar-refractivity contribution in [2.45, 2.75) is 52.1 Å². The molecule has 0 amide bonds. The average Bonchev–Trinajstić information content (AvgIpc) is 2.75. The Morgan fingerprint density at radius 1 is 1.18 bits per heavy atom. The van der Waals surface area contributed by atoms with Gasteiger partial charge >= 0.3 is 0 Å². The molecular weight excluding hydrogens is 276 g/mol. The fourth-order valence-corrected chi connectivity index (χ4v) is 5.90. The molecule has 0 saturated heterocycles. The molecule has 0 aromatic heterocycles. The quantitative estimate of drug-likeness (QED) is 0.748. The molecule has 6 atom stereocenters. The van der Waals surface area contributed by atoms with Gasteiger partial charge in [-0.3, -0.25) is 9.59 Å². The molecule has 0 aliphatic heterocycles. The minimum atomic E-state index is -0.458. The molecule has 4 aliphatic rings. The van der Waals surface area contributed by atoms with Crippen LogP contribution in [0.4, 0.5) is 0 Å². The second kappa shape index (κ2) is 4.41. The Labute approximate surface area is 131 Å². The fraction of sp³-hybridized carbons (Fsp3) is 0.684. The van der Waals surface area contributed by atoms with Gasteiger partial charge in [-0.05, 0) is 48.2 Å². The lowest BCUT2D eigenvalue weighted by Gasteiger charge is -2.56. The molecule has 0 aromatic rings. The second-order valence-electron chi connectivity index (χ2n) is 8.20. The van der Waals surface area contributed by atoms with E-state index in [2.05, 4.69) is 26.0 Å². The molecule has 0 radical (unpaired) electrons. The predicted octanol–water partition coefficient (Wildman–Crippen LogP) is 2.83. The normalized spacial score (nSPS) is 50.2. The average molecular weight is 300 g/mol. The number of rotatable bonds is 0. The van der Waals surface area contributed by atoms with E-state index in [4.69, 9.17) is 0 Å². The number of Topliss-reactive ketones (excluding diaryl/α,β-unsaturated/α-hetero) is 1. The topological polar surface area (TPSA) is 54.4 Å². The lowest BCUT2D eigenvalue weighted by Crippen LogP contribution is -2.55. The van der Waals surface area contributed by atoms with Crippen LogP contribution in [0.1, 0.15) is 46.0 Å². The van der Waals surface area contributed by atoms with Crippen molar-refractivity contribution in [3.05, 3.63) is 23.8 Å². The lowest BCUT2D eigenvalue weighted by molar-refractivity contribution is -0.139. The van der Waals surface area contributed by atoms with Crippen LogP contribution < -0.4 is 0 Å². The summed E-state index contributed by atoms with van der Waals surface area (Å²) >= 11 is 0. The third-order valence-corrected chi connectivity index (χ3v) is 7.17. The molecule has 3 nitrogen and oxygen atoms in total. The minimum absolute atomic E-state index is 0.125. The predicted molar refractivity (Wildman–Crippen MR) is 83.0 cm³/mol. The molecule has 3 heteroatoms. The zero-order valence-electron chi connectivity index (χ0n) is 13.3. The largest absolute Gasteiger partial charge is 0.393 e. The van der Waals surface area contributed by atoms with Gasteiger partial charge in [-0.15, -0.1) is 0 Å². The Hall–Kier alpha value is -1.22. The lowest BCUT2D eigenvalue weighted by atomic mass is 9.48. The first-order chi connectivity index (χ1) is 10.4. The Morgan fingerprint density at radius 2 is 1.95 bits per heavy atom. The molecule has 1 unspecified atom stereocenters. The van der Waals surface area contributed by atoms with E-state index in [9.17, 15) is 14.7 Å². The molecule has 22 heavy (non-hydrogen) atoms. The summed E-state index contributed by atoms with van der Waals surface area (Å²) < 4.78 is 0. The molecule has 0 bridgehead atoms. The van der Waals surface area contributed by atoms with Crippen molar-refractivity contribution < 1.29 is 14.7 Å². The summed E-state index contributed by atoms with van der Waals surface area (Å²) in [6.07, 6.45) is 9.17. The maximum Gasteiger partial charge on any atom is 0.156 e. The number of aliphatic hydroxyl groups excluding tert-OH is 1. The first kappa shape index (κ1) is 14.4. The van der Waals surface area contributed by atoms with Crippen molar-refractivity contribution in [1.82, 2.24) is 0 Å². The number of ketones is 2. The fourth-order valence-electron chi connectivity index (χ4n) is 5.90. The maximum atomic E-state index is 12.4. The Morgan fingerprint density at radius 3 is 2.73 bits per heavy atom. The molecule has 4 aliphatic carbocycles. The van der Waals surface area contributed by atoms with Crippen LogP contribution in [-0.2, 0) is 9.59 Å². The summed E-state index contributed by atoms with van der Waals surface area (Å²) in [5.41, 5.74) is 0.601. The number of hydrogen-bond donors (Lipinski definition) is 1. The Bertz CT molecular complexity index is 616. The van der Waals surface area contributed by atoms with E-state index in [0.717, 1.165) is 18.4 Å². The Kier molecular flexibility index (Phi) is 2.88. The van der Waals surface area contributed by atoms with E-state index < -0.39 is 6.10 Å². The summed E-state index contributed by atoms with van der Waals surface area (Å²) in [5.74, 6) is 1.27. The summed E-state index contributed by atoms with van der Waals surface area (Å²) in [4.78, 5) is 24.1. The van der Waals surface area contributed by atoms with Crippen molar-refractivity contribution in [3.8, 4) is 0 Å². The van der Waals surface area contributed by atoms with Gasteiger partial charge < -0.3 is 5.11 Å². The number of carbonyl (C=O) groups is 2. The summed E-state index contributed by atoms with van der Waals surface area (Å²) in [6, 6.07) is 0. The van der Waals surface area contributed by atoms with Crippen LogP contribution in [0.25, 0.3) is 0 Å². The Balaban J connectivity index is 1.81. The van der Waals surface area contributed by atoms with E-state index in [1.807, 2.05) is 0 Å². The highest BCUT2D eigenvalue weighted by Crippen LogP contribution is 2.62.